The first kappa shape index (κ1) is 9.68. The maximum Gasteiger partial charge on any atom is 0.336 e. The van der Waals surface area contributed by atoms with Gasteiger partial charge in [-0.3, -0.25) is 0 Å². The van der Waals surface area contributed by atoms with Gasteiger partial charge in [0.2, 0.25) is 0 Å². The van der Waals surface area contributed by atoms with Gasteiger partial charge in [0.05, 0.1) is 5.56 Å². The number of nitrogens with two attached hydrogens (primary N) is 1. The Bertz CT molecular complexity index is 515. The fraction of sp³-hybridized carbons (Fsp3) is 0.0833. The molecular weight excluding hydrogens is 190 g/mol. The molecule has 2 aromatic carbocycles. The molecule has 3 nitrogen and oxygen atoms in total. The molecule has 76 valence electrons. The molecule has 0 saturated heterocycles. The van der Waals surface area contributed by atoms with Crippen molar-refractivity contribution in [3.63, 3.8) is 0 Å². The van der Waals surface area contributed by atoms with Crippen LogP contribution in [0.3, 0.4) is 0 Å². The molecule has 15 heavy (non-hydrogen) atoms. The maximum absolute atomic E-state index is 11.0. The Balaban J connectivity index is 2.87. The molecule has 0 aliphatic heterocycles. The van der Waals surface area contributed by atoms with E-state index in [4.69, 9.17) is 10.8 Å². The van der Waals surface area contributed by atoms with Crippen molar-refractivity contribution in [2.24, 2.45) is 5.73 Å². The lowest BCUT2D eigenvalue weighted by Crippen LogP contribution is -2.03. The van der Waals surface area contributed by atoms with Gasteiger partial charge in [0.1, 0.15) is 0 Å². The first-order valence-corrected chi connectivity index (χ1v) is 4.68. The minimum Gasteiger partial charge on any atom is -0.478 e. The Morgan fingerprint density at radius 1 is 1.20 bits per heavy atom. The summed E-state index contributed by atoms with van der Waals surface area (Å²) in [5.74, 6) is -0.915. The highest BCUT2D eigenvalue weighted by Gasteiger charge is 2.10. The molecule has 0 heterocycles. The van der Waals surface area contributed by atoms with E-state index in [2.05, 4.69) is 0 Å². The van der Waals surface area contributed by atoms with Gasteiger partial charge in [-0.05, 0) is 17.0 Å². The quantitative estimate of drug-likeness (QED) is 0.781. The summed E-state index contributed by atoms with van der Waals surface area (Å²) in [5, 5.41) is 10.7. The molecule has 0 amide bonds. The second-order valence-corrected chi connectivity index (χ2v) is 3.33. The second kappa shape index (κ2) is 3.71. The van der Waals surface area contributed by atoms with Crippen molar-refractivity contribution in [3.8, 4) is 0 Å². The number of aromatic carboxylic acids is 1. The summed E-state index contributed by atoms with van der Waals surface area (Å²) in [4.78, 5) is 11.0. The van der Waals surface area contributed by atoms with Crippen LogP contribution < -0.4 is 5.73 Å². The predicted octanol–water partition coefficient (Wildman–Crippen LogP) is 2.00. The van der Waals surface area contributed by atoms with E-state index in [-0.39, 0.29) is 0 Å². The van der Waals surface area contributed by atoms with Crippen LogP contribution in [0.1, 0.15) is 15.9 Å². The number of hydrogen-bond acceptors (Lipinski definition) is 2. The third-order valence-corrected chi connectivity index (χ3v) is 2.44. The van der Waals surface area contributed by atoms with Crippen LogP contribution in [0.5, 0.6) is 0 Å². The summed E-state index contributed by atoms with van der Waals surface area (Å²) in [6.45, 7) is 0.349. The van der Waals surface area contributed by atoms with Gasteiger partial charge in [-0.1, -0.05) is 30.3 Å². The van der Waals surface area contributed by atoms with E-state index in [0.717, 1.165) is 16.3 Å². The lowest BCUT2D eigenvalue weighted by atomic mass is 9.99. The smallest absolute Gasteiger partial charge is 0.336 e. The molecule has 0 bridgehead atoms. The normalized spacial score (nSPS) is 10.5. The van der Waals surface area contributed by atoms with Gasteiger partial charge in [0, 0.05) is 11.9 Å². The van der Waals surface area contributed by atoms with Crippen LogP contribution >= 0.6 is 0 Å². The minimum atomic E-state index is -0.915. The van der Waals surface area contributed by atoms with E-state index in [1.165, 1.54) is 0 Å². The molecule has 2 aromatic rings. The first-order chi connectivity index (χ1) is 7.24. The molecule has 0 atom stereocenters. The van der Waals surface area contributed by atoms with E-state index in [0.29, 0.717) is 12.1 Å². The SMILES string of the molecule is NCc1cccc2cccc(C(=O)O)c12. The highest BCUT2D eigenvalue weighted by atomic mass is 16.4. The zero-order chi connectivity index (χ0) is 10.8. The van der Waals surface area contributed by atoms with Crippen LogP contribution in [0, 0.1) is 0 Å². The van der Waals surface area contributed by atoms with Crippen LogP contribution in [0.25, 0.3) is 10.8 Å². The number of benzene rings is 2. The average Bonchev–Trinajstić information content (AvgIpc) is 2.27. The van der Waals surface area contributed by atoms with Crippen molar-refractivity contribution in [1.82, 2.24) is 0 Å². The third kappa shape index (κ3) is 1.57. The number of carboxylic acid groups (broad SMARTS) is 1. The van der Waals surface area contributed by atoms with Gasteiger partial charge in [0.25, 0.3) is 0 Å². The van der Waals surface area contributed by atoms with Crippen LogP contribution in [-0.4, -0.2) is 11.1 Å². The van der Waals surface area contributed by atoms with Gasteiger partial charge in [0.15, 0.2) is 0 Å². The summed E-state index contributed by atoms with van der Waals surface area (Å²) >= 11 is 0. The van der Waals surface area contributed by atoms with Gasteiger partial charge in [-0.2, -0.15) is 0 Å². The highest BCUT2D eigenvalue weighted by molar-refractivity contribution is 6.05. The Labute approximate surface area is 87.1 Å². The fourth-order valence-corrected chi connectivity index (χ4v) is 1.77. The van der Waals surface area contributed by atoms with E-state index in [1.807, 2.05) is 24.3 Å². The van der Waals surface area contributed by atoms with Gasteiger partial charge < -0.3 is 10.8 Å². The highest BCUT2D eigenvalue weighted by Crippen LogP contribution is 2.22. The summed E-state index contributed by atoms with van der Waals surface area (Å²) in [6.07, 6.45) is 0. The molecule has 0 aliphatic carbocycles. The van der Waals surface area contributed by atoms with Gasteiger partial charge >= 0.3 is 5.97 Å². The second-order valence-electron chi connectivity index (χ2n) is 3.33. The Morgan fingerprint density at radius 2 is 1.87 bits per heavy atom. The van der Waals surface area contributed by atoms with Crippen molar-refractivity contribution >= 4 is 16.7 Å². The summed E-state index contributed by atoms with van der Waals surface area (Å²) in [7, 11) is 0. The lowest BCUT2D eigenvalue weighted by molar-refractivity contribution is 0.0699. The largest absolute Gasteiger partial charge is 0.478 e. The molecule has 0 fully saturated rings. The topological polar surface area (TPSA) is 63.3 Å². The first-order valence-electron chi connectivity index (χ1n) is 4.68. The predicted molar refractivity (Wildman–Crippen MR) is 58.8 cm³/mol. The van der Waals surface area contributed by atoms with Crippen LogP contribution in [-0.2, 0) is 6.54 Å². The van der Waals surface area contributed by atoms with Gasteiger partial charge in [-0.25, -0.2) is 4.79 Å². The number of rotatable bonds is 2. The van der Waals surface area contributed by atoms with E-state index >= 15 is 0 Å². The van der Waals surface area contributed by atoms with Crippen molar-refractivity contribution in [2.45, 2.75) is 6.54 Å². The van der Waals surface area contributed by atoms with Crippen molar-refractivity contribution < 1.29 is 9.90 Å². The third-order valence-electron chi connectivity index (χ3n) is 2.44. The van der Waals surface area contributed by atoms with E-state index in [1.54, 1.807) is 12.1 Å². The van der Waals surface area contributed by atoms with Crippen molar-refractivity contribution in [1.29, 1.82) is 0 Å². The molecular formula is C12H11NO2. The average molecular weight is 201 g/mol. The molecule has 0 unspecified atom stereocenters. The summed E-state index contributed by atoms with van der Waals surface area (Å²) in [6, 6.07) is 10.9. The Kier molecular flexibility index (Phi) is 2.39. The molecule has 0 saturated carbocycles. The lowest BCUT2D eigenvalue weighted by Gasteiger charge is -2.06. The standard InChI is InChI=1S/C12H11NO2/c13-7-9-5-1-3-8-4-2-6-10(11(8)9)12(14)15/h1-6H,7,13H2,(H,14,15). The fourth-order valence-electron chi connectivity index (χ4n) is 1.77. The molecule has 0 aromatic heterocycles. The molecule has 3 N–H and O–H groups in total. The molecule has 3 heteroatoms. The van der Waals surface area contributed by atoms with E-state index < -0.39 is 5.97 Å². The number of carboxylic acids is 1. The zero-order valence-corrected chi connectivity index (χ0v) is 8.10. The molecule has 0 aliphatic rings. The minimum absolute atomic E-state index is 0.313. The molecule has 2 rings (SSSR count). The number of fused-ring (bicyclic) bond motifs is 1. The van der Waals surface area contributed by atoms with Gasteiger partial charge in [-0.15, -0.1) is 0 Å². The van der Waals surface area contributed by atoms with E-state index in [9.17, 15) is 4.79 Å². The van der Waals surface area contributed by atoms with Crippen molar-refractivity contribution in [2.75, 3.05) is 0 Å². The zero-order valence-electron chi connectivity index (χ0n) is 8.10. The monoisotopic (exact) mass is 201 g/mol. The van der Waals surface area contributed by atoms with Crippen LogP contribution in [0.2, 0.25) is 0 Å². The van der Waals surface area contributed by atoms with Crippen LogP contribution in [0.4, 0.5) is 0 Å². The maximum atomic E-state index is 11.0. The summed E-state index contributed by atoms with van der Waals surface area (Å²) in [5.41, 5.74) is 6.77. The Hall–Kier alpha value is -1.87. The Morgan fingerprint density at radius 3 is 2.47 bits per heavy atom. The summed E-state index contributed by atoms with van der Waals surface area (Å²) < 4.78 is 0. The molecule has 0 radical (unpaired) electrons. The molecule has 0 spiro atoms. The number of hydrogen-bond donors (Lipinski definition) is 2. The van der Waals surface area contributed by atoms with Crippen molar-refractivity contribution in [3.05, 3.63) is 47.5 Å². The van der Waals surface area contributed by atoms with Crippen LogP contribution in [0.15, 0.2) is 36.4 Å². The number of carbonyl (C=O) groups is 1.